The van der Waals surface area contributed by atoms with Crippen LogP contribution >= 0.6 is 0 Å². The molecule has 1 N–H and O–H groups in total. The van der Waals surface area contributed by atoms with E-state index in [1.807, 2.05) is 6.07 Å². The molecule has 0 aromatic heterocycles. The smallest absolute Gasteiger partial charge is 0.0617 e. The van der Waals surface area contributed by atoms with E-state index >= 15 is 0 Å². The Morgan fingerprint density at radius 1 is 1.08 bits per heavy atom. The first-order valence-corrected chi connectivity index (χ1v) is 4.17. The van der Waals surface area contributed by atoms with Crippen LogP contribution in [-0.2, 0) is 12.8 Å². The Balaban J connectivity index is 2.35. The number of nitrogens with zero attached hydrogens (tertiary/aromatic N) is 1. The first-order valence-electron chi connectivity index (χ1n) is 4.17. The number of hydrogen-bond acceptors (Lipinski definition) is 2. The highest BCUT2D eigenvalue weighted by molar-refractivity contribution is 5.87. The van der Waals surface area contributed by atoms with Crippen molar-refractivity contribution in [3.05, 3.63) is 35.4 Å². The molecular formula is C10H11NO. The summed E-state index contributed by atoms with van der Waals surface area (Å²) in [4.78, 5) is 0. The van der Waals surface area contributed by atoms with Crippen molar-refractivity contribution in [2.45, 2.75) is 19.3 Å². The Morgan fingerprint density at radius 2 is 1.83 bits per heavy atom. The summed E-state index contributed by atoms with van der Waals surface area (Å²) < 4.78 is 0. The van der Waals surface area contributed by atoms with E-state index in [-0.39, 0.29) is 0 Å². The molecule has 0 aliphatic heterocycles. The van der Waals surface area contributed by atoms with Gasteiger partial charge in [-0.25, -0.2) is 0 Å². The second kappa shape index (κ2) is 2.97. The third kappa shape index (κ3) is 1.20. The minimum Gasteiger partial charge on any atom is -0.411 e. The number of benzene rings is 1. The van der Waals surface area contributed by atoms with E-state index < -0.39 is 0 Å². The zero-order valence-electron chi connectivity index (χ0n) is 6.83. The van der Waals surface area contributed by atoms with Gasteiger partial charge >= 0.3 is 0 Å². The molecule has 2 nitrogen and oxygen atoms in total. The molecule has 0 spiro atoms. The van der Waals surface area contributed by atoms with E-state index in [9.17, 15) is 0 Å². The lowest BCUT2D eigenvalue weighted by Crippen LogP contribution is -2.13. The molecule has 0 amide bonds. The number of fused-ring (bicyclic) bond motifs is 1. The summed E-state index contributed by atoms with van der Waals surface area (Å²) in [7, 11) is 0. The molecule has 0 radical (unpaired) electrons. The monoisotopic (exact) mass is 161 g/mol. The molecule has 0 bridgehead atoms. The van der Waals surface area contributed by atoms with Gasteiger partial charge in [0.25, 0.3) is 0 Å². The SMILES string of the molecule is O/N=C1/CCc2ccccc2C1. The Labute approximate surface area is 71.5 Å². The molecule has 0 heterocycles. The number of aryl methyl sites for hydroxylation is 1. The molecule has 0 saturated heterocycles. The van der Waals surface area contributed by atoms with Crippen LogP contribution in [0.25, 0.3) is 0 Å². The van der Waals surface area contributed by atoms with Crippen molar-refractivity contribution >= 4 is 5.71 Å². The molecule has 0 atom stereocenters. The molecule has 1 aromatic carbocycles. The maximum atomic E-state index is 8.60. The predicted molar refractivity (Wildman–Crippen MR) is 47.7 cm³/mol. The van der Waals surface area contributed by atoms with Gasteiger partial charge < -0.3 is 5.21 Å². The van der Waals surface area contributed by atoms with Crippen molar-refractivity contribution < 1.29 is 5.21 Å². The largest absolute Gasteiger partial charge is 0.411 e. The molecule has 2 rings (SSSR count). The van der Waals surface area contributed by atoms with Gasteiger partial charge in [-0.3, -0.25) is 0 Å². The zero-order valence-corrected chi connectivity index (χ0v) is 6.83. The molecule has 62 valence electrons. The normalized spacial score (nSPS) is 19.2. The van der Waals surface area contributed by atoms with Crippen molar-refractivity contribution in [1.29, 1.82) is 0 Å². The van der Waals surface area contributed by atoms with E-state index in [0.717, 1.165) is 25.0 Å². The first kappa shape index (κ1) is 7.35. The van der Waals surface area contributed by atoms with E-state index in [4.69, 9.17) is 5.21 Å². The summed E-state index contributed by atoms with van der Waals surface area (Å²) in [6.07, 6.45) is 2.72. The molecular weight excluding hydrogens is 150 g/mol. The molecule has 1 aliphatic carbocycles. The number of rotatable bonds is 0. The van der Waals surface area contributed by atoms with Crippen molar-refractivity contribution in [3.8, 4) is 0 Å². The third-order valence-electron chi connectivity index (χ3n) is 2.34. The quantitative estimate of drug-likeness (QED) is 0.458. The highest BCUT2D eigenvalue weighted by atomic mass is 16.4. The molecule has 0 saturated carbocycles. The van der Waals surface area contributed by atoms with Crippen molar-refractivity contribution in [1.82, 2.24) is 0 Å². The standard InChI is InChI=1S/C10H11NO/c12-11-10-6-5-8-3-1-2-4-9(8)7-10/h1-4,12H,5-7H2/b11-10-. The lowest BCUT2D eigenvalue weighted by molar-refractivity contribution is 0.316. The minimum atomic E-state index is 0.812. The molecule has 1 aliphatic rings. The van der Waals surface area contributed by atoms with Crippen LogP contribution < -0.4 is 0 Å². The van der Waals surface area contributed by atoms with Crippen LogP contribution in [-0.4, -0.2) is 10.9 Å². The topological polar surface area (TPSA) is 32.6 Å². The maximum absolute atomic E-state index is 8.60. The molecule has 2 heteroatoms. The van der Waals surface area contributed by atoms with Crippen LogP contribution in [0.3, 0.4) is 0 Å². The summed E-state index contributed by atoms with van der Waals surface area (Å²) >= 11 is 0. The summed E-state index contributed by atoms with van der Waals surface area (Å²) in [6.45, 7) is 0. The summed E-state index contributed by atoms with van der Waals surface area (Å²) in [5.74, 6) is 0. The van der Waals surface area contributed by atoms with Gasteiger partial charge in [0.05, 0.1) is 5.71 Å². The van der Waals surface area contributed by atoms with Crippen LogP contribution in [0.15, 0.2) is 29.4 Å². The Kier molecular flexibility index (Phi) is 1.82. The van der Waals surface area contributed by atoms with Gasteiger partial charge in [0.15, 0.2) is 0 Å². The Bertz CT molecular complexity index is 317. The third-order valence-corrected chi connectivity index (χ3v) is 2.34. The highest BCUT2D eigenvalue weighted by Crippen LogP contribution is 2.18. The lowest BCUT2D eigenvalue weighted by atomic mass is 9.91. The van der Waals surface area contributed by atoms with Gasteiger partial charge in [-0.2, -0.15) is 0 Å². The van der Waals surface area contributed by atoms with Gasteiger partial charge in [-0.1, -0.05) is 29.4 Å². The Hall–Kier alpha value is -1.31. The van der Waals surface area contributed by atoms with E-state index in [1.54, 1.807) is 0 Å². The molecule has 0 unspecified atom stereocenters. The molecule has 1 aromatic rings. The minimum absolute atomic E-state index is 0.812. The summed E-state index contributed by atoms with van der Waals surface area (Å²) in [5, 5.41) is 11.9. The fourth-order valence-electron chi connectivity index (χ4n) is 1.65. The lowest BCUT2D eigenvalue weighted by Gasteiger charge is -2.15. The second-order valence-electron chi connectivity index (χ2n) is 3.11. The van der Waals surface area contributed by atoms with E-state index in [1.165, 1.54) is 11.1 Å². The predicted octanol–water partition coefficient (Wildman–Crippen LogP) is 2.01. The van der Waals surface area contributed by atoms with Crippen molar-refractivity contribution in [3.63, 3.8) is 0 Å². The van der Waals surface area contributed by atoms with Crippen LogP contribution in [0, 0.1) is 0 Å². The maximum Gasteiger partial charge on any atom is 0.0617 e. The van der Waals surface area contributed by atoms with E-state index in [0.29, 0.717) is 0 Å². The van der Waals surface area contributed by atoms with Crippen LogP contribution in [0.2, 0.25) is 0 Å². The fraction of sp³-hybridized carbons (Fsp3) is 0.300. The van der Waals surface area contributed by atoms with E-state index in [2.05, 4.69) is 23.4 Å². The summed E-state index contributed by atoms with van der Waals surface area (Å²) in [5.41, 5.74) is 3.59. The Morgan fingerprint density at radius 3 is 2.58 bits per heavy atom. The van der Waals surface area contributed by atoms with Gasteiger partial charge in [-0.05, 0) is 24.0 Å². The fourth-order valence-corrected chi connectivity index (χ4v) is 1.65. The van der Waals surface area contributed by atoms with Crippen molar-refractivity contribution in [2.75, 3.05) is 0 Å². The number of oxime groups is 1. The summed E-state index contributed by atoms with van der Waals surface area (Å²) in [6, 6.07) is 8.32. The van der Waals surface area contributed by atoms with Crippen molar-refractivity contribution in [2.24, 2.45) is 5.16 Å². The van der Waals surface area contributed by atoms with Gasteiger partial charge in [0.1, 0.15) is 0 Å². The van der Waals surface area contributed by atoms with Crippen LogP contribution in [0.1, 0.15) is 17.5 Å². The highest BCUT2D eigenvalue weighted by Gasteiger charge is 2.12. The van der Waals surface area contributed by atoms with Gasteiger partial charge in [0.2, 0.25) is 0 Å². The average molecular weight is 161 g/mol. The van der Waals surface area contributed by atoms with Gasteiger partial charge in [-0.15, -0.1) is 0 Å². The second-order valence-corrected chi connectivity index (χ2v) is 3.11. The van der Waals surface area contributed by atoms with Crippen LogP contribution in [0.5, 0.6) is 0 Å². The first-order chi connectivity index (χ1) is 5.90. The van der Waals surface area contributed by atoms with Gasteiger partial charge in [0, 0.05) is 6.42 Å². The molecule has 0 fully saturated rings. The molecule has 12 heavy (non-hydrogen) atoms. The average Bonchev–Trinajstić information content (AvgIpc) is 2.17. The zero-order chi connectivity index (χ0) is 8.39. The van der Waals surface area contributed by atoms with Crippen LogP contribution in [0.4, 0.5) is 0 Å². The number of hydrogen-bond donors (Lipinski definition) is 1.